The lowest BCUT2D eigenvalue weighted by molar-refractivity contribution is -0.112. The van der Waals surface area contributed by atoms with Gasteiger partial charge in [-0.25, -0.2) is 9.97 Å². The molecule has 1 saturated heterocycles. The molecule has 1 aromatic carbocycles. The quantitative estimate of drug-likeness (QED) is 0.667. The van der Waals surface area contributed by atoms with Crippen LogP contribution in [0, 0.1) is 5.41 Å². The number of Topliss-reactive ketones (excluding diaryl/α,β-unsaturated/α-hetero) is 1. The van der Waals surface area contributed by atoms with E-state index in [0.717, 1.165) is 31.7 Å². The van der Waals surface area contributed by atoms with Gasteiger partial charge in [0, 0.05) is 18.0 Å². The van der Waals surface area contributed by atoms with Crippen molar-refractivity contribution in [1.82, 2.24) is 9.97 Å². The fourth-order valence-corrected chi connectivity index (χ4v) is 4.36. The number of carbonyl (C=O) groups excluding carboxylic acids is 2. The zero-order chi connectivity index (χ0) is 19.9. The minimum atomic E-state index is -0.618. The van der Waals surface area contributed by atoms with Gasteiger partial charge in [-0.3, -0.25) is 9.59 Å². The van der Waals surface area contributed by atoms with Gasteiger partial charge in [-0.2, -0.15) is 0 Å². The Kier molecular flexibility index (Phi) is 4.72. The lowest BCUT2D eigenvalue weighted by Crippen LogP contribution is -2.42. The van der Waals surface area contributed by atoms with E-state index in [9.17, 15) is 9.59 Å². The normalized spacial score (nSPS) is 18.1. The largest absolute Gasteiger partial charge is 0.381 e. The number of piperidine rings is 1. The first-order valence-electron chi connectivity index (χ1n) is 9.14. The van der Waals surface area contributed by atoms with E-state index in [1.807, 2.05) is 0 Å². The second kappa shape index (κ2) is 7.06. The van der Waals surface area contributed by atoms with Crippen LogP contribution in [0.3, 0.4) is 0 Å². The highest BCUT2D eigenvalue weighted by Crippen LogP contribution is 2.38. The Labute approximate surface area is 167 Å². The summed E-state index contributed by atoms with van der Waals surface area (Å²) in [6, 6.07) is 5.25. The van der Waals surface area contributed by atoms with Crippen molar-refractivity contribution >= 4 is 40.8 Å². The Morgan fingerprint density at radius 2 is 2.04 bits per heavy atom. The second-order valence-electron chi connectivity index (χ2n) is 7.48. The third-order valence-corrected chi connectivity index (χ3v) is 6.52. The molecule has 0 aliphatic carbocycles. The summed E-state index contributed by atoms with van der Waals surface area (Å²) in [5.74, 6) is -0.117. The van der Waals surface area contributed by atoms with Crippen molar-refractivity contribution in [2.24, 2.45) is 11.1 Å². The number of carbonyl (C=O) groups is 2. The Hall–Kier alpha value is -2.65. The molecular weight excluding hydrogens is 376 g/mol. The summed E-state index contributed by atoms with van der Waals surface area (Å²) < 4.78 is 0. The molecule has 0 unspecified atom stereocenters. The summed E-state index contributed by atoms with van der Waals surface area (Å²) in [5.41, 5.74) is 13.1. The summed E-state index contributed by atoms with van der Waals surface area (Å²) in [6.45, 7) is 4.62. The standard InChI is InChI=1S/C19H22N6O2S/c1-19(10-20)5-7-25(8-6-19)13-9-22-18(16(21)24-13)28-12-4-2-3-11-14(12)15(26)17(27)23-11/h2-4,9H,5-8,10,20H2,1H3,(H2,21,24)(H,23,26,27). The molecular formula is C19H22N6O2S. The van der Waals surface area contributed by atoms with Crippen molar-refractivity contribution in [1.29, 1.82) is 0 Å². The number of ketones is 1. The third kappa shape index (κ3) is 3.31. The van der Waals surface area contributed by atoms with Crippen molar-refractivity contribution in [3.63, 3.8) is 0 Å². The van der Waals surface area contributed by atoms with Crippen molar-refractivity contribution in [2.45, 2.75) is 29.7 Å². The van der Waals surface area contributed by atoms with Gasteiger partial charge >= 0.3 is 0 Å². The molecule has 0 spiro atoms. The van der Waals surface area contributed by atoms with E-state index in [1.165, 1.54) is 11.8 Å². The fourth-order valence-electron chi connectivity index (χ4n) is 3.44. The highest BCUT2D eigenvalue weighted by atomic mass is 32.2. The number of benzene rings is 1. The van der Waals surface area contributed by atoms with Crippen LogP contribution in [-0.4, -0.2) is 41.3 Å². The van der Waals surface area contributed by atoms with Gasteiger partial charge in [-0.05, 0) is 36.9 Å². The Morgan fingerprint density at radius 1 is 1.29 bits per heavy atom. The minimum absolute atomic E-state index is 0.178. The van der Waals surface area contributed by atoms with Crippen molar-refractivity contribution < 1.29 is 9.59 Å². The van der Waals surface area contributed by atoms with Crippen LogP contribution in [0.1, 0.15) is 30.1 Å². The molecule has 0 bridgehead atoms. The number of amides is 1. The first-order chi connectivity index (χ1) is 13.4. The summed E-state index contributed by atoms with van der Waals surface area (Å²) >= 11 is 1.24. The number of hydrogen-bond acceptors (Lipinski definition) is 8. The van der Waals surface area contributed by atoms with Crippen molar-refractivity contribution in [2.75, 3.05) is 35.6 Å². The van der Waals surface area contributed by atoms with E-state index in [1.54, 1.807) is 24.4 Å². The van der Waals surface area contributed by atoms with Crippen molar-refractivity contribution in [3.8, 4) is 0 Å². The predicted octanol–water partition coefficient (Wildman–Crippen LogP) is 1.91. The number of nitrogens with zero attached hydrogens (tertiary/aromatic N) is 3. The van der Waals surface area contributed by atoms with E-state index in [-0.39, 0.29) is 5.41 Å². The maximum absolute atomic E-state index is 12.1. The third-order valence-electron chi connectivity index (χ3n) is 5.45. The number of anilines is 3. The van der Waals surface area contributed by atoms with Crippen LogP contribution in [-0.2, 0) is 4.79 Å². The average Bonchev–Trinajstić information content (AvgIpc) is 2.99. The summed E-state index contributed by atoms with van der Waals surface area (Å²) in [6.07, 6.45) is 3.71. The Bertz CT molecular complexity index is 955. The van der Waals surface area contributed by atoms with Crippen LogP contribution in [0.2, 0.25) is 0 Å². The van der Waals surface area contributed by atoms with Crippen LogP contribution in [0.4, 0.5) is 17.3 Å². The van der Waals surface area contributed by atoms with Gasteiger partial charge in [0.05, 0.1) is 17.4 Å². The number of hydrogen-bond donors (Lipinski definition) is 3. The molecule has 9 heteroatoms. The zero-order valence-corrected chi connectivity index (χ0v) is 16.4. The molecule has 2 aliphatic heterocycles. The molecule has 1 fully saturated rings. The van der Waals surface area contributed by atoms with E-state index in [0.29, 0.717) is 33.5 Å². The van der Waals surface area contributed by atoms with Gasteiger partial charge < -0.3 is 21.7 Å². The van der Waals surface area contributed by atoms with E-state index < -0.39 is 11.7 Å². The number of aromatic nitrogens is 2. The summed E-state index contributed by atoms with van der Waals surface area (Å²) in [4.78, 5) is 35.6. The molecule has 0 atom stereocenters. The van der Waals surface area contributed by atoms with E-state index in [4.69, 9.17) is 11.5 Å². The van der Waals surface area contributed by atoms with Gasteiger partial charge in [0.1, 0.15) is 10.8 Å². The van der Waals surface area contributed by atoms with Crippen LogP contribution in [0.25, 0.3) is 0 Å². The number of nitrogen functional groups attached to an aromatic ring is 1. The number of nitrogens with two attached hydrogens (primary N) is 2. The monoisotopic (exact) mass is 398 g/mol. The molecule has 0 radical (unpaired) electrons. The summed E-state index contributed by atoms with van der Waals surface area (Å²) in [5, 5.41) is 3.07. The Morgan fingerprint density at radius 3 is 2.71 bits per heavy atom. The van der Waals surface area contributed by atoms with E-state index >= 15 is 0 Å². The molecule has 2 aromatic rings. The molecule has 146 valence electrons. The van der Waals surface area contributed by atoms with Gasteiger partial charge in [-0.15, -0.1) is 0 Å². The highest BCUT2D eigenvalue weighted by Gasteiger charge is 2.32. The van der Waals surface area contributed by atoms with E-state index in [2.05, 4.69) is 27.1 Å². The number of rotatable bonds is 4. The molecule has 2 aliphatic rings. The lowest BCUT2D eigenvalue weighted by atomic mass is 9.80. The van der Waals surface area contributed by atoms with Gasteiger partial charge in [0.2, 0.25) is 0 Å². The van der Waals surface area contributed by atoms with Gasteiger partial charge in [0.25, 0.3) is 11.7 Å². The zero-order valence-electron chi connectivity index (χ0n) is 15.6. The SMILES string of the molecule is CC1(CN)CCN(c2cnc(Sc3cccc4c3C(=O)C(=O)N4)c(N)n2)CC1. The smallest absolute Gasteiger partial charge is 0.296 e. The predicted molar refractivity (Wildman–Crippen MR) is 109 cm³/mol. The molecule has 28 heavy (non-hydrogen) atoms. The van der Waals surface area contributed by atoms with Gasteiger partial charge in [-0.1, -0.05) is 24.8 Å². The lowest BCUT2D eigenvalue weighted by Gasteiger charge is -2.39. The molecule has 1 aromatic heterocycles. The fraction of sp³-hybridized carbons (Fsp3) is 0.368. The highest BCUT2D eigenvalue weighted by molar-refractivity contribution is 7.99. The van der Waals surface area contributed by atoms with Crippen LogP contribution in [0.5, 0.6) is 0 Å². The molecule has 4 rings (SSSR count). The molecule has 5 N–H and O–H groups in total. The average molecular weight is 398 g/mol. The van der Waals surface area contributed by atoms with Gasteiger partial charge in [0.15, 0.2) is 5.82 Å². The molecule has 8 nitrogen and oxygen atoms in total. The Balaban J connectivity index is 1.54. The summed E-state index contributed by atoms with van der Waals surface area (Å²) in [7, 11) is 0. The minimum Gasteiger partial charge on any atom is -0.381 e. The number of fused-ring (bicyclic) bond motifs is 1. The molecule has 3 heterocycles. The first-order valence-corrected chi connectivity index (χ1v) is 9.96. The van der Waals surface area contributed by atoms with Crippen molar-refractivity contribution in [3.05, 3.63) is 30.0 Å². The topological polar surface area (TPSA) is 127 Å². The van der Waals surface area contributed by atoms with Crippen LogP contribution >= 0.6 is 11.8 Å². The maximum Gasteiger partial charge on any atom is 0.296 e. The number of nitrogens with one attached hydrogen (secondary N) is 1. The molecule has 0 saturated carbocycles. The van der Waals surface area contributed by atoms with Crippen LogP contribution in [0.15, 0.2) is 34.3 Å². The first kappa shape index (κ1) is 18.7. The maximum atomic E-state index is 12.1. The molecule has 1 amide bonds. The van der Waals surface area contributed by atoms with Crippen LogP contribution < -0.4 is 21.7 Å². The second-order valence-corrected chi connectivity index (χ2v) is 8.52.